The van der Waals surface area contributed by atoms with E-state index in [9.17, 15) is 4.79 Å². The van der Waals surface area contributed by atoms with Gasteiger partial charge in [0.05, 0.1) is 17.2 Å². The first kappa shape index (κ1) is 21.1. The maximum Gasteiger partial charge on any atom is 0.233 e. The molecule has 0 bridgehead atoms. The maximum atomic E-state index is 12.7. The van der Waals surface area contributed by atoms with E-state index in [1.54, 1.807) is 18.4 Å². The summed E-state index contributed by atoms with van der Waals surface area (Å²) in [6, 6.07) is 21.6. The summed E-state index contributed by atoms with van der Waals surface area (Å²) in [5, 5.41) is 14.2. The van der Waals surface area contributed by atoms with Crippen LogP contribution < -0.4 is 10.1 Å². The molecule has 1 amide bonds. The van der Waals surface area contributed by atoms with Gasteiger partial charge in [-0.2, -0.15) is 0 Å². The number of benzene rings is 2. The zero-order chi connectivity index (χ0) is 21.6. The summed E-state index contributed by atoms with van der Waals surface area (Å²) >= 11 is 3.01. The molecule has 0 aliphatic rings. The molecular formula is C23H22N4O2S2. The monoisotopic (exact) mass is 450 g/mol. The molecule has 0 saturated heterocycles. The molecule has 0 fully saturated rings. The number of carbonyl (C=O) groups excluding carboxylic acids is 1. The lowest BCUT2D eigenvalue weighted by molar-refractivity contribution is -0.120. The molecule has 2 aromatic heterocycles. The van der Waals surface area contributed by atoms with Crippen LogP contribution >= 0.6 is 23.1 Å². The lowest BCUT2D eigenvalue weighted by Gasteiger charge is -2.14. The second-order valence-electron chi connectivity index (χ2n) is 6.78. The molecule has 4 aromatic rings. The van der Waals surface area contributed by atoms with Crippen molar-refractivity contribution in [1.82, 2.24) is 20.1 Å². The number of thiophene rings is 1. The van der Waals surface area contributed by atoms with Gasteiger partial charge in [-0.15, -0.1) is 21.5 Å². The van der Waals surface area contributed by atoms with Gasteiger partial charge in [-0.05, 0) is 48.2 Å². The van der Waals surface area contributed by atoms with Crippen molar-refractivity contribution in [2.24, 2.45) is 0 Å². The minimum Gasteiger partial charge on any atom is -0.497 e. The average molecular weight is 451 g/mol. The third-order valence-corrected chi connectivity index (χ3v) is 6.58. The van der Waals surface area contributed by atoms with E-state index in [1.807, 2.05) is 83.6 Å². The number of thioether (sulfide) groups is 1. The second-order valence-corrected chi connectivity index (χ2v) is 9.04. The highest BCUT2D eigenvalue weighted by molar-refractivity contribution is 8.00. The first-order valence-electron chi connectivity index (χ1n) is 9.77. The number of hydrogen-bond donors (Lipinski definition) is 1. The molecule has 2 heterocycles. The largest absolute Gasteiger partial charge is 0.497 e. The Balaban J connectivity index is 1.49. The van der Waals surface area contributed by atoms with Crippen LogP contribution in [-0.4, -0.2) is 33.0 Å². The zero-order valence-electron chi connectivity index (χ0n) is 17.2. The summed E-state index contributed by atoms with van der Waals surface area (Å²) in [6.07, 6.45) is 0. The van der Waals surface area contributed by atoms with Crippen molar-refractivity contribution < 1.29 is 9.53 Å². The molecular weight excluding hydrogens is 428 g/mol. The number of nitrogens with zero attached hydrogens (tertiary/aromatic N) is 3. The van der Waals surface area contributed by atoms with Crippen LogP contribution in [0.25, 0.3) is 16.4 Å². The van der Waals surface area contributed by atoms with Crippen LogP contribution in [0.1, 0.15) is 12.5 Å². The molecule has 2 aromatic carbocycles. The number of ether oxygens (including phenoxy) is 1. The minimum absolute atomic E-state index is 0.0545. The molecule has 0 unspecified atom stereocenters. The fourth-order valence-electron chi connectivity index (χ4n) is 3.01. The van der Waals surface area contributed by atoms with Crippen LogP contribution in [0.15, 0.2) is 77.3 Å². The van der Waals surface area contributed by atoms with Crippen molar-refractivity contribution in [3.63, 3.8) is 0 Å². The second kappa shape index (κ2) is 9.80. The van der Waals surface area contributed by atoms with Crippen molar-refractivity contribution in [1.29, 1.82) is 0 Å². The molecule has 1 atom stereocenters. The van der Waals surface area contributed by atoms with Gasteiger partial charge in [-0.25, -0.2) is 0 Å². The molecule has 0 aliphatic carbocycles. The molecule has 0 spiro atoms. The summed E-state index contributed by atoms with van der Waals surface area (Å²) in [7, 11) is 1.63. The molecule has 1 N–H and O–H groups in total. The van der Waals surface area contributed by atoms with E-state index in [0.29, 0.717) is 11.7 Å². The van der Waals surface area contributed by atoms with E-state index in [4.69, 9.17) is 4.74 Å². The van der Waals surface area contributed by atoms with Gasteiger partial charge in [0.15, 0.2) is 11.0 Å². The zero-order valence-corrected chi connectivity index (χ0v) is 18.8. The van der Waals surface area contributed by atoms with Crippen molar-refractivity contribution in [2.75, 3.05) is 7.11 Å². The maximum absolute atomic E-state index is 12.7. The van der Waals surface area contributed by atoms with Crippen LogP contribution in [0.2, 0.25) is 0 Å². The summed E-state index contributed by atoms with van der Waals surface area (Å²) in [5.74, 6) is 1.51. The minimum atomic E-state index is -0.332. The van der Waals surface area contributed by atoms with Gasteiger partial charge in [-0.1, -0.05) is 48.2 Å². The Hall–Kier alpha value is -3.10. The van der Waals surface area contributed by atoms with Gasteiger partial charge in [0.25, 0.3) is 0 Å². The molecule has 0 aliphatic heterocycles. The average Bonchev–Trinajstić information content (AvgIpc) is 3.48. The van der Waals surface area contributed by atoms with Crippen LogP contribution in [-0.2, 0) is 11.3 Å². The van der Waals surface area contributed by atoms with Crippen molar-refractivity contribution in [3.05, 3.63) is 77.7 Å². The van der Waals surface area contributed by atoms with E-state index < -0.39 is 0 Å². The Bertz CT molecular complexity index is 1130. The Labute approximate surface area is 189 Å². The van der Waals surface area contributed by atoms with E-state index in [0.717, 1.165) is 27.7 Å². The summed E-state index contributed by atoms with van der Waals surface area (Å²) in [6.45, 7) is 2.34. The van der Waals surface area contributed by atoms with Gasteiger partial charge in [0, 0.05) is 12.2 Å². The van der Waals surface area contributed by atoms with Gasteiger partial charge in [-0.3, -0.25) is 9.36 Å². The predicted molar refractivity (Wildman–Crippen MR) is 125 cm³/mol. The number of carbonyl (C=O) groups is 1. The van der Waals surface area contributed by atoms with E-state index in [-0.39, 0.29) is 11.2 Å². The number of methoxy groups -OCH3 is 1. The standard InChI is InChI=1S/C23H22N4O2S2/c1-16(22(28)24-15-17-10-12-19(29-2)13-11-17)31-23-26-25-21(20-9-6-14-30-20)27(23)18-7-4-3-5-8-18/h3-14,16H,15H2,1-2H3,(H,24,28)/t16-/m0/s1. The number of para-hydroxylation sites is 1. The Morgan fingerprint density at radius 3 is 2.55 bits per heavy atom. The van der Waals surface area contributed by atoms with Gasteiger partial charge >= 0.3 is 0 Å². The van der Waals surface area contributed by atoms with Crippen molar-refractivity contribution in [3.8, 4) is 22.1 Å². The quantitative estimate of drug-likeness (QED) is 0.391. The fourth-order valence-corrected chi connectivity index (χ4v) is 4.60. The van der Waals surface area contributed by atoms with Crippen molar-refractivity contribution >= 4 is 29.0 Å². The highest BCUT2D eigenvalue weighted by Gasteiger charge is 2.22. The normalized spacial score (nSPS) is 11.8. The van der Waals surface area contributed by atoms with E-state index in [2.05, 4.69) is 15.5 Å². The Morgan fingerprint density at radius 1 is 1.10 bits per heavy atom. The number of nitrogens with one attached hydrogen (secondary N) is 1. The molecule has 8 heteroatoms. The fraction of sp³-hybridized carbons (Fsp3) is 0.174. The first-order chi connectivity index (χ1) is 15.2. The predicted octanol–water partition coefficient (Wildman–Crippen LogP) is 4.80. The SMILES string of the molecule is COc1ccc(CNC(=O)[C@H](C)Sc2nnc(-c3cccs3)n2-c2ccccc2)cc1. The summed E-state index contributed by atoms with van der Waals surface area (Å²) < 4.78 is 7.17. The van der Waals surface area contributed by atoms with Crippen molar-refractivity contribution in [2.45, 2.75) is 23.9 Å². The third kappa shape index (κ3) is 4.98. The van der Waals surface area contributed by atoms with Gasteiger partial charge in [0.1, 0.15) is 5.75 Å². The molecule has 6 nitrogen and oxygen atoms in total. The molecule has 158 valence electrons. The van der Waals surface area contributed by atoms with Crippen LogP contribution in [0.3, 0.4) is 0 Å². The molecule has 0 saturated carbocycles. The number of hydrogen-bond acceptors (Lipinski definition) is 6. The summed E-state index contributed by atoms with van der Waals surface area (Å²) in [5.41, 5.74) is 1.98. The van der Waals surface area contributed by atoms with Gasteiger partial charge in [0.2, 0.25) is 5.91 Å². The Morgan fingerprint density at radius 2 is 1.87 bits per heavy atom. The third-order valence-electron chi connectivity index (χ3n) is 4.67. The lowest BCUT2D eigenvalue weighted by atomic mass is 10.2. The van der Waals surface area contributed by atoms with E-state index in [1.165, 1.54) is 11.8 Å². The molecule has 4 rings (SSSR count). The number of rotatable bonds is 8. The highest BCUT2D eigenvalue weighted by atomic mass is 32.2. The van der Waals surface area contributed by atoms with Gasteiger partial charge < -0.3 is 10.1 Å². The molecule has 31 heavy (non-hydrogen) atoms. The summed E-state index contributed by atoms with van der Waals surface area (Å²) in [4.78, 5) is 13.7. The molecule has 0 radical (unpaired) electrons. The number of amides is 1. The highest BCUT2D eigenvalue weighted by Crippen LogP contribution is 2.32. The lowest BCUT2D eigenvalue weighted by Crippen LogP contribution is -2.30. The van der Waals surface area contributed by atoms with Crippen LogP contribution in [0, 0.1) is 0 Å². The van der Waals surface area contributed by atoms with E-state index >= 15 is 0 Å². The smallest absolute Gasteiger partial charge is 0.233 e. The van der Waals surface area contributed by atoms with Crippen LogP contribution in [0.5, 0.6) is 5.75 Å². The van der Waals surface area contributed by atoms with Crippen LogP contribution in [0.4, 0.5) is 0 Å². The first-order valence-corrected chi connectivity index (χ1v) is 11.5. The Kier molecular flexibility index (Phi) is 6.69. The topological polar surface area (TPSA) is 69.0 Å². The number of aromatic nitrogens is 3.